The molecular weight excluding hydrogens is 296 g/mol. The lowest BCUT2D eigenvalue weighted by atomic mass is 10.1. The Labute approximate surface area is 114 Å². The van der Waals surface area contributed by atoms with Crippen molar-refractivity contribution in [3.05, 3.63) is 21.6 Å². The highest BCUT2D eigenvalue weighted by atomic mass is 79.9. The molecule has 0 saturated carbocycles. The van der Waals surface area contributed by atoms with E-state index in [1.165, 1.54) is 0 Å². The van der Waals surface area contributed by atoms with Gasteiger partial charge in [-0.1, -0.05) is 19.0 Å². The summed E-state index contributed by atoms with van der Waals surface area (Å²) in [4.78, 5) is 8.86. The molecule has 5 nitrogen and oxygen atoms in total. The fourth-order valence-electron chi connectivity index (χ4n) is 1.78. The van der Waals surface area contributed by atoms with Crippen molar-refractivity contribution in [1.29, 1.82) is 0 Å². The van der Waals surface area contributed by atoms with Gasteiger partial charge in [-0.3, -0.25) is 0 Å². The van der Waals surface area contributed by atoms with Gasteiger partial charge in [-0.05, 0) is 35.7 Å². The molecule has 0 bridgehead atoms. The summed E-state index contributed by atoms with van der Waals surface area (Å²) in [6.07, 6.45) is 0. The van der Waals surface area contributed by atoms with Gasteiger partial charge in [0.1, 0.15) is 11.6 Å². The average Bonchev–Trinajstić information content (AvgIpc) is 2.62. The molecule has 0 atom stereocenters. The molecule has 96 valence electrons. The number of anilines is 1. The van der Waals surface area contributed by atoms with Gasteiger partial charge in [0.15, 0.2) is 5.82 Å². The Morgan fingerprint density at radius 3 is 2.39 bits per heavy atom. The summed E-state index contributed by atoms with van der Waals surface area (Å²) in [6.45, 7) is 7.82. The first-order valence-corrected chi connectivity index (χ1v) is 6.47. The Balaban J connectivity index is 2.67. The molecule has 2 N–H and O–H groups in total. The molecule has 2 heterocycles. The van der Waals surface area contributed by atoms with Crippen LogP contribution in [0, 0.1) is 13.8 Å². The molecule has 0 spiro atoms. The van der Waals surface area contributed by atoms with Crippen LogP contribution in [0.4, 0.5) is 5.82 Å². The Kier molecular flexibility index (Phi) is 3.38. The first-order valence-electron chi connectivity index (χ1n) is 5.68. The topological polar surface area (TPSA) is 77.8 Å². The van der Waals surface area contributed by atoms with E-state index in [9.17, 15) is 0 Å². The van der Waals surface area contributed by atoms with Crippen molar-refractivity contribution in [3.8, 4) is 11.4 Å². The van der Waals surface area contributed by atoms with Crippen LogP contribution in [0.1, 0.15) is 36.9 Å². The third kappa shape index (κ3) is 2.12. The van der Waals surface area contributed by atoms with E-state index in [4.69, 9.17) is 10.3 Å². The molecule has 2 aromatic rings. The largest absolute Gasteiger partial charge is 0.383 e. The third-order valence-electron chi connectivity index (χ3n) is 2.71. The quantitative estimate of drug-likeness (QED) is 0.921. The fraction of sp³-hybridized carbons (Fsp3) is 0.417. The van der Waals surface area contributed by atoms with Crippen molar-refractivity contribution in [2.45, 2.75) is 33.6 Å². The second-order valence-electron chi connectivity index (χ2n) is 4.49. The zero-order valence-corrected chi connectivity index (χ0v) is 12.4. The van der Waals surface area contributed by atoms with E-state index >= 15 is 0 Å². The Bertz CT molecular complexity index is 573. The number of hydrogen-bond donors (Lipinski definition) is 1. The van der Waals surface area contributed by atoms with Gasteiger partial charge < -0.3 is 10.3 Å². The first-order chi connectivity index (χ1) is 8.41. The highest BCUT2D eigenvalue weighted by Crippen LogP contribution is 2.31. The van der Waals surface area contributed by atoms with E-state index in [1.54, 1.807) is 0 Å². The Morgan fingerprint density at radius 2 is 1.89 bits per heavy atom. The maximum Gasteiger partial charge on any atom is 0.167 e. The second kappa shape index (κ2) is 4.68. The number of nitrogen functional groups attached to an aromatic ring is 1. The standard InChI is InChI=1S/C12H15BrN4O/c1-5(2)10-9(13)11(14)16-12(15-10)8-6(3)17-18-7(8)4/h5H,1-4H3,(H2,14,15,16). The predicted octanol–water partition coefficient (Wildman–Crippen LogP) is 3.22. The monoisotopic (exact) mass is 310 g/mol. The molecule has 0 aliphatic rings. The molecule has 0 saturated heterocycles. The van der Waals surface area contributed by atoms with Gasteiger partial charge in [0, 0.05) is 0 Å². The van der Waals surface area contributed by atoms with Gasteiger partial charge in [0.05, 0.1) is 21.4 Å². The number of halogens is 1. The lowest BCUT2D eigenvalue weighted by molar-refractivity contribution is 0.393. The van der Waals surface area contributed by atoms with E-state index < -0.39 is 0 Å². The van der Waals surface area contributed by atoms with Crippen molar-refractivity contribution in [1.82, 2.24) is 15.1 Å². The number of nitrogens with zero attached hydrogens (tertiary/aromatic N) is 3. The Hall–Kier alpha value is -1.43. The summed E-state index contributed by atoms with van der Waals surface area (Å²) in [5.41, 5.74) is 8.39. The average molecular weight is 311 g/mol. The van der Waals surface area contributed by atoms with Crippen LogP contribution in [0.15, 0.2) is 9.00 Å². The summed E-state index contributed by atoms with van der Waals surface area (Å²) < 4.78 is 5.90. The summed E-state index contributed by atoms with van der Waals surface area (Å²) in [7, 11) is 0. The van der Waals surface area contributed by atoms with Gasteiger partial charge in [-0.2, -0.15) is 0 Å². The molecular formula is C12H15BrN4O. The lowest BCUT2D eigenvalue weighted by Gasteiger charge is -2.11. The molecule has 0 unspecified atom stereocenters. The van der Waals surface area contributed by atoms with Crippen LogP contribution in [0.25, 0.3) is 11.4 Å². The van der Waals surface area contributed by atoms with Crippen molar-refractivity contribution < 1.29 is 4.52 Å². The minimum Gasteiger partial charge on any atom is -0.383 e. The normalized spacial score (nSPS) is 11.2. The molecule has 0 aromatic carbocycles. The van der Waals surface area contributed by atoms with Crippen LogP contribution in [-0.4, -0.2) is 15.1 Å². The maximum absolute atomic E-state index is 5.92. The van der Waals surface area contributed by atoms with E-state index in [0.29, 0.717) is 17.4 Å². The lowest BCUT2D eigenvalue weighted by Crippen LogP contribution is -2.04. The fourth-order valence-corrected chi connectivity index (χ4v) is 2.41. The van der Waals surface area contributed by atoms with Crippen LogP contribution in [0.2, 0.25) is 0 Å². The molecule has 2 aromatic heterocycles. The maximum atomic E-state index is 5.92. The van der Waals surface area contributed by atoms with Crippen LogP contribution in [0.5, 0.6) is 0 Å². The molecule has 18 heavy (non-hydrogen) atoms. The number of aromatic nitrogens is 3. The SMILES string of the molecule is Cc1noc(C)c1-c1nc(N)c(Br)c(C(C)C)n1. The minimum atomic E-state index is 0.254. The molecule has 0 aliphatic heterocycles. The van der Waals surface area contributed by atoms with Gasteiger partial charge in [-0.15, -0.1) is 0 Å². The highest BCUT2D eigenvalue weighted by Gasteiger charge is 2.19. The summed E-state index contributed by atoms with van der Waals surface area (Å²) in [5, 5.41) is 3.91. The number of rotatable bonds is 2. The molecule has 0 radical (unpaired) electrons. The predicted molar refractivity (Wildman–Crippen MR) is 73.2 cm³/mol. The van der Waals surface area contributed by atoms with Crippen LogP contribution >= 0.6 is 15.9 Å². The summed E-state index contributed by atoms with van der Waals surface area (Å²) >= 11 is 3.43. The van der Waals surface area contributed by atoms with Crippen molar-refractivity contribution >= 4 is 21.7 Å². The number of hydrogen-bond acceptors (Lipinski definition) is 5. The van der Waals surface area contributed by atoms with Gasteiger partial charge in [-0.25, -0.2) is 9.97 Å². The van der Waals surface area contributed by atoms with Gasteiger partial charge in [0.2, 0.25) is 0 Å². The van der Waals surface area contributed by atoms with E-state index in [0.717, 1.165) is 21.4 Å². The van der Waals surface area contributed by atoms with Gasteiger partial charge in [0.25, 0.3) is 0 Å². The highest BCUT2D eigenvalue weighted by molar-refractivity contribution is 9.10. The second-order valence-corrected chi connectivity index (χ2v) is 5.28. The minimum absolute atomic E-state index is 0.254. The van der Waals surface area contributed by atoms with Crippen LogP contribution < -0.4 is 5.73 Å². The molecule has 2 rings (SSSR count). The van der Waals surface area contributed by atoms with E-state index in [1.807, 2.05) is 13.8 Å². The molecule has 0 fully saturated rings. The third-order valence-corrected chi connectivity index (χ3v) is 3.52. The first kappa shape index (κ1) is 13.0. The van der Waals surface area contributed by atoms with Crippen molar-refractivity contribution in [3.63, 3.8) is 0 Å². The van der Waals surface area contributed by atoms with Crippen molar-refractivity contribution in [2.24, 2.45) is 0 Å². The number of aryl methyl sites for hydroxylation is 2. The molecule has 0 amide bonds. The van der Waals surface area contributed by atoms with E-state index in [-0.39, 0.29) is 5.92 Å². The summed E-state index contributed by atoms with van der Waals surface area (Å²) in [5.74, 6) is 1.95. The van der Waals surface area contributed by atoms with Gasteiger partial charge >= 0.3 is 0 Å². The molecule has 6 heteroatoms. The van der Waals surface area contributed by atoms with Crippen LogP contribution in [-0.2, 0) is 0 Å². The molecule has 0 aliphatic carbocycles. The van der Waals surface area contributed by atoms with Crippen molar-refractivity contribution in [2.75, 3.05) is 5.73 Å². The van der Waals surface area contributed by atoms with Crippen LogP contribution in [0.3, 0.4) is 0 Å². The zero-order valence-electron chi connectivity index (χ0n) is 10.8. The van der Waals surface area contributed by atoms with E-state index in [2.05, 4.69) is 44.9 Å². The number of nitrogens with two attached hydrogens (primary N) is 1. The zero-order chi connectivity index (χ0) is 13.4. The smallest absolute Gasteiger partial charge is 0.167 e. The Morgan fingerprint density at radius 1 is 1.22 bits per heavy atom. The summed E-state index contributed by atoms with van der Waals surface area (Å²) in [6, 6.07) is 0.